The highest BCUT2D eigenvalue weighted by molar-refractivity contribution is 4.88. The van der Waals surface area contributed by atoms with Crippen LogP contribution < -0.4 is 0 Å². The molecule has 0 unspecified atom stereocenters. The molecule has 0 rings (SSSR count). The fourth-order valence-corrected chi connectivity index (χ4v) is 0.557. The molecule has 0 fully saturated rings. The van der Waals surface area contributed by atoms with Crippen molar-refractivity contribution in [2.45, 2.75) is 30.2 Å². The first-order valence-corrected chi connectivity index (χ1v) is 3.91. The molecule has 0 heterocycles. The number of halogens is 11. The van der Waals surface area contributed by atoms with Crippen LogP contribution in [0.25, 0.3) is 0 Å². The summed E-state index contributed by atoms with van der Waals surface area (Å²) in [6.45, 7) is -2.83. The van der Waals surface area contributed by atoms with Gasteiger partial charge in [-0.25, -0.2) is 4.74 Å². The second-order valence-corrected chi connectivity index (χ2v) is 3.07. The van der Waals surface area contributed by atoms with Gasteiger partial charge in [0, 0.05) is 0 Å². The van der Waals surface area contributed by atoms with Crippen molar-refractivity contribution >= 4 is 0 Å². The Kier molecular flexibility index (Phi) is 4.40. The minimum absolute atomic E-state index is 1.63. The van der Waals surface area contributed by atoms with Gasteiger partial charge in [0.05, 0.1) is 0 Å². The number of hydrogen-bond acceptors (Lipinski definition) is 2. The Labute approximate surface area is 96.3 Å². The summed E-state index contributed by atoms with van der Waals surface area (Å²) in [5.41, 5.74) is 0. The molecule has 0 aromatic carbocycles. The van der Waals surface area contributed by atoms with Crippen LogP contribution in [0, 0.1) is 0 Å². The van der Waals surface area contributed by atoms with Gasteiger partial charge in [0.1, 0.15) is 6.61 Å². The zero-order valence-corrected chi connectivity index (χ0v) is 8.22. The molecule has 13 heteroatoms. The average Bonchev–Trinajstić information content (AvgIpc) is 2.13. The summed E-state index contributed by atoms with van der Waals surface area (Å²) < 4.78 is 134. The van der Waals surface area contributed by atoms with E-state index in [0.29, 0.717) is 0 Å². The van der Waals surface area contributed by atoms with Crippen LogP contribution in [-0.4, -0.2) is 42.0 Å². The second-order valence-electron chi connectivity index (χ2n) is 3.07. The maximum atomic E-state index is 12.3. The van der Waals surface area contributed by atoms with Crippen molar-refractivity contribution in [3.63, 3.8) is 0 Å². The first kappa shape index (κ1) is 18.1. The second kappa shape index (κ2) is 4.61. The van der Waals surface area contributed by atoms with E-state index >= 15 is 0 Å². The number of ether oxygens (including phenoxy) is 1. The highest BCUT2D eigenvalue weighted by Crippen LogP contribution is 2.50. The van der Waals surface area contributed by atoms with Gasteiger partial charge >= 0.3 is 30.2 Å². The summed E-state index contributed by atoms with van der Waals surface area (Å²) in [5.74, 6) is -12.9. The van der Waals surface area contributed by atoms with Crippen molar-refractivity contribution in [3.8, 4) is 0 Å². The maximum Gasteiger partial charge on any atom is 0.462 e. The Morgan fingerprint density at radius 1 is 0.684 bits per heavy atom. The van der Waals surface area contributed by atoms with Crippen molar-refractivity contribution in [2.24, 2.45) is 0 Å². The quantitative estimate of drug-likeness (QED) is 0.790. The van der Waals surface area contributed by atoms with Gasteiger partial charge < -0.3 is 5.11 Å². The van der Waals surface area contributed by atoms with Crippen molar-refractivity contribution in [1.29, 1.82) is 0 Å². The molecule has 0 saturated carbocycles. The maximum absolute atomic E-state index is 12.3. The van der Waals surface area contributed by atoms with Crippen molar-refractivity contribution in [1.82, 2.24) is 0 Å². The molecule has 0 bridgehead atoms. The van der Waals surface area contributed by atoms with Gasteiger partial charge in [0.15, 0.2) is 0 Å². The van der Waals surface area contributed by atoms with Crippen LogP contribution in [0.1, 0.15) is 0 Å². The predicted molar refractivity (Wildman–Crippen MR) is 34.0 cm³/mol. The largest absolute Gasteiger partial charge is 0.462 e. The van der Waals surface area contributed by atoms with E-state index in [-0.39, 0.29) is 0 Å². The van der Waals surface area contributed by atoms with Gasteiger partial charge in [0.25, 0.3) is 0 Å². The molecule has 0 aromatic heterocycles. The SMILES string of the molecule is OCC(F)(F)C(F)(F)OC(F)(F)C(F)(F)C(F)(F)F. The number of hydrogen-bond donors (Lipinski definition) is 1. The van der Waals surface area contributed by atoms with Crippen LogP contribution in [0.15, 0.2) is 0 Å². The van der Waals surface area contributed by atoms with Gasteiger partial charge in [-0.1, -0.05) is 0 Å². The minimum atomic E-state index is -7.14. The Morgan fingerprint density at radius 2 is 1.05 bits per heavy atom. The molecular weight excluding hydrogens is 313 g/mol. The van der Waals surface area contributed by atoms with E-state index in [0.717, 1.165) is 0 Å². The van der Waals surface area contributed by atoms with Crippen molar-refractivity contribution < 1.29 is 58.1 Å². The van der Waals surface area contributed by atoms with E-state index in [1.54, 1.807) is 4.74 Å². The summed E-state index contributed by atoms with van der Waals surface area (Å²) in [7, 11) is 0. The fourth-order valence-electron chi connectivity index (χ4n) is 0.557. The van der Waals surface area contributed by atoms with Crippen LogP contribution in [0.5, 0.6) is 0 Å². The Balaban J connectivity index is 5.39. The molecule has 116 valence electrons. The highest BCUT2D eigenvalue weighted by atomic mass is 19.4. The lowest BCUT2D eigenvalue weighted by molar-refractivity contribution is -0.497. The van der Waals surface area contributed by atoms with Gasteiger partial charge in [-0.3, -0.25) is 0 Å². The van der Waals surface area contributed by atoms with Crippen LogP contribution in [0.3, 0.4) is 0 Å². The third-order valence-corrected chi connectivity index (χ3v) is 1.60. The monoisotopic (exact) mass is 316 g/mol. The predicted octanol–water partition coefficient (Wildman–Crippen LogP) is 3.01. The molecule has 0 spiro atoms. The van der Waals surface area contributed by atoms with E-state index in [9.17, 15) is 48.3 Å². The summed E-state index contributed by atoms with van der Waals surface area (Å²) in [4.78, 5) is 0. The van der Waals surface area contributed by atoms with Crippen molar-refractivity contribution in [3.05, 3.63) is 0 Å². The first-order chi connectivity index (χ1) is 8.02. The molecule has 0 radical (unpaired) electrons. The third kappa shape index (κ3) is 3.19. The molecule has 0 amide bonds. The van der Waals surface area contributed by atoms with E-state index in [1.807, 2.05) is 0 Å². The molecule has 0 saturated heterocycles. The normalized spacial score (nSPS) is 15.8. The van der Waals surface area contributed by atoms with Crippen molar-refractivity contribution in [2.75, 3.05) is 6.61 Å². The molecule has 0 aromatic rings. The average molecular weight is 316 g/mol. The molecular formula is C6H3F11O2. The lowest BCUT2D eigenvalue weighted by atomic mass is 10.3. The fraction of sp³-hybridized carbons (Fsp3) is 1.00. The minimum Gasteiger partial charge on any atom is -0.390 e. The third-order valence-electron chi connectivity index (χ3n) is 1.60. The van der Waals surface area contributed by atoms with E-state index in [1.165, 1.54) is 0 Å². The topological polar surface area (TPSA) is 29.5 Å². The van der Waals surface area contributed by atoms with Crippen LogP contribution in [0.4, 0.5) is 48.3 Å². The highest BCUT2D eigenvalue weighted by Gasteiger charge is 2.78. The lowest BCUT2D eigenvalue weighted by Crippen LogP contribution is -2.59. The van der Waals surface area contributed by atoms with Gasteiger partial charge in [0.2, 0.25) is 0 Å². The van der Waals surface area contributed by atoms with E-state index < -0.39 is 36.8 Å². The van der Waals surface area contributed by atoms with Gasteiger partial charge in [-0.2, -0.15) is 48.3 Å². The van der Waals surface area contributed by atoms with E-state index in [4.69, 9.17) is 5.11 Å². The Hall–Kier alpha value is -0.850. The summed E-state index contributed by atoms with van der Waals surface area (Å²) in [5, 5.41) is 7.72. The number of alkyl halides is 11. The number of aliphatic hydroxyl groups is 1. The summed E-state index contributed by atoms with van der Waals surface area (Å²) in [6.07, 6.45) is -20.5. The molecule has 19 heavy (non-hydrogen) atoms. The molecule has 0 aliphatic heterocycles. The number of aliphatic hydroxyl groups excluding tert-OH is 1. The van der Waals surface area contributed by atoms with E-state index in [2.05, 4.69) is 0 Å². The molecule has 0 aliphatic carbocycles. The van der Waals surface area contributed by atoms with Crippen LogP contribution in [0.2, 0.25) is 0 Å². The molecule has 2 nitrogen and oxygen atoms in total. The van der Waals surface area contributed by atoms with Gasteiger partial charge in [-0.15, -0.1) is 0 Å². The molecule has 1 N–H and O–H groups in total. The van der Waals surface area contributed by atoms with Crippen LogP contribution >= 0.6 is 0 Å². The Bertz CT molecular complexity index is 320. The van der Waals surface area contributed by atoms with Gasteiger partial charge in [-0.05, 0) is 0 Å². The first-order valence-electron chi connectivity index (χ1n) is 3.91. The zero-order valence-electron chi connectivity index (χ0n) is 8.22. The molecule has 0 aliphatic rings. The van der Waals surface area contributed by atoms with Crippen LogP contribution in [-0.2, 0) is 4.74 Å². The summed E-state index contributed by atoms with van der Waals surface area (Å²) >= 11 is 0. The standard InChI is InChI=1S/C6H3F11O2/c7-2(8,1-18)5(14,15)19-6(16,17)3(9,10)4(11,12)13/h18H,1H2. The summed E-state index contributed by atoms with van der Waals surface area (Å²) in [6, 6.07) is 0. The zero-order chi connectivity index (χ0) is 15.9. The Morgan fingerprint density at radius 3 is 1.32 bits per heavy atom. The lowest BCUT2D eigenvalue weighted by Gasteiger charge is -2.32. The number of rotatable bonds is 5. The smallest absolute Gasteiger partial charge is 0.390 e. The molecule has 0 atom stereocenters.